The molecule has 1 aliphatic rings. The van der Waals surface area contributed by atoms with Gasteiger partial charge in [-0.2, -0.15) is 5.10 Å². The Morgan fingerprint density at radius 3 is 2.84 bits per heavy atom. The molecular formula is C23H22F2N6. The molecule has 1 aliphatic heterocycles. The average Bonchev–Trinajstić information content (AvgIpc) is 3.38. The van der Waals surface area contributed by atoms with Crippen molar-refractivity contribution in [3.63, 3.8) is 0 Å². The first-order valence-corrected chi connectivity index (χ1v) is 10.2. The number of rotatable bonds is 6. The highest BCUT2D eigenvalue weighted by Gasteiger charge is 2.17. The highest BCUT2D eigenvalue weighted by Crippen LogP contribution is 2.29. The molecule has 0 radical (unpaired) electrons. The zero-order valence-electron chi connectivity index (χ0n) is 16.8. The van der Waals surface area contributed by atoms with Crippen molar-refractivity contribution in [2.75, 3.05) is 11.9 Å². The molecule has 2 aromatic carbocycles. The van der Waals surface area contributed by atoms with Gasteiger partial charge in [-0.25, -0.2) is 13.8 Å². The van der Waals surface area contributed by atoms with Crippen molar-refractivity contribution in [3.8, 4) is 11.3 Å². The fourth-order valence-electron chi connectivity index (χ4n) is 3.97. The summed E-state index contributed by atoms with van der Waals surface area (Å²) in [5, 5.41) is 15.0. The fourth-order valence-corrected chi connectivity index (χ4v) is 3.97. The summed E-state index contributed by atoms with van der Waals surface area (Å²) in [6.45, 7) is 6.72. The molecule has 4 aromatic rings. The lowest BCUT2D eigenvalue weighted by Gasteiger charge is -2.17. The van der Waals surface area contributed by atoms with Gasteiger partial charge in [-0.15, -0.1) is 0 Å². The molecule has 0 unspecified atom stereocenters. The predicted molar refractivity (Wildman–Crippen MR) is 118 cm³/mol. The monoisotopic (exact) mass is 420 g/mol. The molecule has 31 heavy (non-hydrogen) atoms. The third-order valence-electron chi connectivity index (χ3n) is 5.52. The van der Waals surface area contributed by atoms with Crippen LogP contribution >= 0.6 is 0 Å². The lowest BCUT2D eigenvalue weighted by molar-refractivity contribution is 0.149. The standard InChI is InChI=1S/C23H22F2N6/c1-14(28-17-5-2-15(3-6-17)10-21(24)25)23-18-11-16(4-7-19(18)29-30-23)20-12-27-22-13-26-8-9-31(20)22/h2-7,11-12,21,26,28H,1,8-10,13H2,(H,29,30). The second kappa shape index (κ2) is 7.96. The second-order valence-electron chi connectivity index (χ2n) is 7.62. The number of H-pyrrole nitrogens is 1. The number of aromatic nitrogens is 4. The van der Waals surface area contributed by atoms with Gasteiger partial charge in [-0.05, 0) is 29.8 Å². The average molecular weight is 420 g/mol. The van der Waals surface area contributed by atoms with E-state index >= 15 is 0 Å². The number of benzene rings is 2. The van der Waals surface area contributed by atoms with Crippen molar-refractivity contribution in [1.82, 2.24) is 25.1 Å². The zero-order valence-corrected chi connectivity index (χ0v) is 16.8. The van der Waals surface area contributed by atoms with Crippen LogP contribution in [0.2, 0.25) is 0 Å². The van der Waals surface area contributed by atoms with Crippen LogP contribution in [-0.4, -0.2) is 32.7 Å². The Labute approximate surface area is 178 Å². The molecule has 3 heterocycles. The molecule has 6 nitrogen and oxygen atoms in total. The third-order valence-corrected chi connectivity index (χ3v) is 5.52. The van der Waals surface area contributed by atoms with E-state index in [-0.39, 0.29) is 6.42 Å². The van der Waals surface area contributed by atoms with Crippen LogP contribution in [0.3, 0.4) is 0 Å². The number of anilines is 1. The normalized spacial score (nSPS) is 13.5. The van der Waals surface area contributed by atoms with E-state index in [1.54, 1.807) is 24.3 Å². The summed E-state index contributed by atoms with van der Waals surface area (Å²) in [6.07, 6.45) is -0.685. The van der Waals surface area contributed by atoms with Gasteiger partial charge in [0.1, 0.15) is 11.5 Å². The molecule has 0 bridgehead atoms. The molecule has 3 N–H and O–H groups in total. The molecule has 0 saturated heterocycles. The summed E-state index contributed by atoms with van der Waals surface area (Å²) in [5.41, 5.74) is 5.78. The number of halogens is 2. The zero-order chi connectivity index (χ0) is 21.4. The van der Waals surface area contributed by atoms with Crippen molar-refractivity contribution in [3.05, 3.63) is 72.3 Å². The Kier molecular flexibility index (Phi) is 4.99. The first kappa shape index (κ1) is 19.4. The van der Waals surface area contributed by atoms with Crippen LogP contribution in [-0.2, 0) is 19.5 Å². The van der Waals surface area contributed by atoms with Crippen LogP contribution < -0.4 is 10.6 Å². The molecule has 2 aromatic heterocycles. The summed E-state index contributed by atoms with van der Waals surface area (Å²) in [5.74, 6) is 1.04. The van der Waals surface area contributed by atoms with Crippen LogP contribution in [0.15, 0.2) is 55.2 Å². The number of aromatic amines is 1. The Morgan fingerprint density at radius 2 is 2.03 bits per heavy atom. The van der Waals surface area contributed by atoms with Gasteiger partial charge in [-0.1, -0.05) is 24.8 Å². The smallest absolute Gasteiger partial charge is 0.242 e. The minimum Gasteiger partial charge on any atom is -0.354 e. The quantitative estimate of drug-likeness (QED) is 0.432. The van der Waals surface area contributed by atoms with Crippen molar-refractivity contribution >= 4 is 22.3 Å². The molecule has 8 heteroatoms. The van der Waals surface area contributed by atoms with Crippen LogP contribution in [0.5, 0.6) is 0 Å². The SMILES string of the molecule is C=C(Nc1ccc(CC(F)F)cc1)c1n[nH]c2ccc(-c3cnc4n3CCNC4)cc12. The summed E-state index contributed by atoms with van der Waals surface area (Å²) >= 11 is 0. The first-order chi connectivity index (χ1) is 15.1. The van der Waals surface area contributed by atoms with E-state index in [1.165, 1.54) is 0 Å². The van der Waals surface area contributed by atoms with E-state index in [0.717, 1.165) is 53.3 Å². The van der Waals surface area contributed by atoms with E-state index in [9.17, 15) is 8.78 Å². The van der Waals surface area contributed by atoms with Gasteiger partial charge in [0.2, 0.25) is 6.43 Å². The van der Waals surface area contributed by atoms with Gasteiger partial charge in [0.05, 0.1) is 29.6 Å². The van der Waals surface area contributed by atoms with Gasteiger partial charge in [-0.3, -0.25) is 5.10 Å². The number of hydrogen-bond acceptors (Lipinski definition) is 4. The van der Waals surface area contributed by atoms with E-state index in [4.69, 9.17) is 0 Å². The van der Waals surface area contributed by atoms with Crippen LogP contribution in [0.4, 0.5) is 14.5 Å². The summed E-state index contributed by atoms with van der Waals surface area (Å²) in [4.78, 5) is 4.54. The Bertz CT molecular complexity index is 1240. The second-order valence-corrected chi connectivity index (χ2v) is 7.62. The lowest BCUT2D eigenvalue weighted by Crippen LogP contribution is -2.28. The van der Waals surface area contributed by atoms with E-state index in [1.807, 2.05) is 12.3 Å². The van der Waals surface area contributed by atoms with Crippen LogP contribution in [0.25, 0.3) is 27.9 Å². The van der Waals surface area contributed by atoms with Gasteiger partial charge in [0, 0.05) is 36.1 Å². The topological polar surface area (TPSA) is 70.6 Å². The molecule has 0 spiro atoms. The lowest BCUT2D eigenvalue weighted by atomic mass is 10.1. The number of nitrogens with zero attached hydrogens (tertiary/aromatic N) is 3. The molecule has 0 fully saturated rings. The van der Waals surface area contributed by atoms with Gasteiger partial charge < -0.3 is 15.2 Å². The van der Waals surface area contributed by atoms with Crippen molar-refractivity contribution < 1.29 is 8.78 Å². The maximum Gasteiger partial charge on any atom is 0.242 e. The van der Waals surface area contributed by atoms with E-state index in [0.29, 0.717) is 17.0 Å². The Hall–Kier alpha value is -3.52. The van der Waals surface area contributed by atoms with Crippen molar-refractivity contribution in [1.29, 1.82) is 0 Å². The maximum absolute atomic E-state index is 12.5. The minimum absolute atomic E-state index is 0.248. The van der Waals surface area contributed by atoms with E-state index in [2.05, 4.69) is 49.1 Å². The molecule has 158 valence electrons. The molecule has 0 atom stereocenters. The highest BCUT2D eigenvalue weighted by molar-refractivity contribution is 5.94. The maximum atomic E-state index is 12.5. The summed E-state index contributed by atoms with van der Waals surface area (Å²) < 4.78 is 27.3. The largest absolute Gasteiger partial charge is 0.354 e. The third kappa shape index (κ3) is 3.82. The highest BCUT2D eigenvalue weighted by atomic mass is 19.3. The first-order valence-electron chi connectivity index (χ1n) is 10.2. The predicted octanol–water partition coefficient (Wildman–Crippen LogP) is 4.42. The van der Waals surface area contributed by atoms with Crippen LogP contribution in [0.1, 0.15) is 17.1 Å². The van der Waals surface area contributed by atoms with Crippen molar-refractivity contribution in [2.45, 2.75) is 25.9 Å². The molecule has 0 amide bonds. The summed E-state index contributed by atoms with van der Waals surface area (Å²) in [7, 11) is 0. The van der Waals surface area contributed by atoms with Crippen molar-refractivity contribution in [2.24, 2.45) is 0 Å². The molecule has 0 aliphatic carbocycles. The van der Waals surface area contributed by atoms with Crippen LogP contribution in [0, 0.1) is 0 Å². The summed E-state index contributed by atoms with van der Waals surface area (Å²) in [6, 6.07) is 13.1. The number of alkyl halides is 2. The Morgan fingerprint density at radius 1 is 1.19 bits per heavy atom. The van der Waals surface area contributed by atoms with E-state index < -0.39 is 6.43 Å². The number of imidazole rings is 1. The number of fused-ring (bicyclic) bond motifs is 2. The number of nitrogens with one attached hydrogen (secondary N) is 3. The van der Waals surface area contributed by atoms with Gasteiger partial charge in [0.25, 0.3) is 0 Å². The number of hydrogen-bond donors (Lipinski definition) is 3. The minimum atomic E-state index is -2.35. The molecular weight excluding hydrogens is 398 g/mol. The van der Waals surface area contributed by atoms with Gasteiger partial charge >= 0.3 is 0 Å². The molecule has 0 saturated carbocycles. The fraction of sp³-hybridized carbons (Fsp3) is 0.217. The molecule has 5 rings (SSSR count). The Balaban J connectivity index is 1.42. The van der Waals surface area contributed by atoms with Gasteiger partial charge in [0.15, 0.2) is 0 Å².